The molecule has 0 radical (unpaired) electrons. The van der Waals surface area contributed by atoms with Crippen LogP contribution >= 0.6 is 0 Å². The lowest BCUT2D eigenvalue weighted by Gasteiger charge is -2.12. The molecule has 2 aromatic carbocycles. The summed E-state index contributed by atoms with van der Waals surface area (Å²) in [7, 11) is 0. The van der Waals surface area contributed by atoms with Gasteiger partial charge >= 0.3 is 0 Å². The van der Waals surface area contributed by atoms with Gasteiger partial charge in [0.05, 0.1) is 6.61 Å². The second kappa shape index (κ2) is 9.11. The molecule has 3 nitrogen and oxygen atoms in total. The zero-order chi connectivity index (χ0) is 16.5. The molecule has 0 aliphatic rings. The Balaban J connectivity index is 1.77. The van der Waals surface area contributed by atoms with Crippen molar-refractivity contribution in [1.82, 2.24) is 5.32 Å². The van der Waals surface area contributed by atoms with Crippen molar-refractivity contribution in [2.45, 2.75) is 39.3 Å². The van der Waals surface area contributed by atoms with E-state index in [9.17, 15) is 4.79 Å². The molecule has 1 N–H and O–H groups in total. The Hall–Kier alpha value is -2.13. The van der Waals surface area contributed by atoms with Gasteiger partial charge in [0.2, 0.25) is 5.91 Å². The van der Waals surface area contributed by atoms with E-state index in [4.69, 9.17) is 4.74 Å². The largest absolute Gasteiger partial charge is 0.377 e. The zero-order valence-corrected chi connectivity index (χ0v) is 13.9. The Kier molecular flexibility index (Phi) is 6.82. The van der Waals surface area contributed by atoms with E-state index < -0.39 is 0 Å². The number of hydrogen-bond acceptors (Lipinski definition) is 2. The van der Waals surface area contributed by atoms with Crippen molar-refractivity contribution in [3.8, 4) is 0 Å². The normalized spacial score (nSPS) is 11.9. The van der Waals surface area contributed by atoms with Crippen molar-refractivity contribution < 1.29 is 9.53 Å². The minimum Gasteiger partial charge on any atom is -0.377 e. The fraction of sp³-hybridized carbons (Fsp3) is 0.350. The predicted molar refractivity (Wildman–Crippen MR) is 93.1 cm³/mol. The molecule has 2 rings (SSSR count). The van der Waals surface area contributed by atoms with E-state index in [1.54, 1.807) is 0 Å². The van der Waals surface area contributed by atoms with Gasteiger partial charge in [-0.25, -0.2) is 0 Å². The number of nitrogens with one attached hydrogen (secondary N) is 1. The maximum Gasteiger partial charge on any atom is 0.220 e. The summed E-state index contributed by atoms with van der Waals surface area (Å²) in [6.45, 7) is 5.99. The number of benzene rings is 2. The zero-order valence-electron chi connectivity index (χ0n) is 13.9. The smallest absolute Gasteiger partial charge is 0.220 e. The highest BCUT2D eigenvalue weighted by Crippen LogP contribution is 2.18. The minimum atomic E-state index is 0.0831. The summed E-state index contributed by atoms with van der Waals surface area (Å²) in [5.41, 5.74) is 3.45. The van der Waals surface area contributed by atoms with Crippen LogP contribution < -0.4 is 5.32 Å². The summed E-state index contributed by atoms with van der Waals surface area (Å²) in [4.78, 5) is 12.1. The Morgan fingerprint density at radius 3 is 2.35 bits per heavy atom. The average molecular weight is 311 g/mol. The quantitative estimate of drug-likeness (QED) is 0.799. The Morgan fingerprint density at radius 2 is 1.70 bits per heavy atom. The number of carbonyl (C=O) groups excluding carboxylic acids is 1. The van der Waals surface area contributed by atoms with Crippen LogP contribution in [0.5, 0.6) is 0 Å². The maximum absolute atomic E-state index is 12.1. The van der Waals surface area contributed by atoms with Crippen LogP contribution in [-0.4, -0.2) is 12.5 Å². The fourth-order valence-electron chi connectivity index (χ4n) is 2.42. The third kappa shape index (κ3) is 5.87. The Bertz CT molecular complexity index is 593. The van der Waals surface area contributed by atoms with Gasteiger partial charge in [0.15, 0.2) is 0 Å². The second-order valence-electron chi connectivity index (χ2n) is 5.75. The highest BCUT2D eigenvalue weighted by Gasteiger charge is 2.10. The summed E-state index contributed by atoms with van der Waals surface area (Å²) in [6.07, 6.45) is 0.506. The highest BCUT2D eigenvalue weighted by atomic mass is 16.5. The first kappa shape index (κ1) is 17.2. The molecule has 0 aliphatic carbocycles. The highest BCUT2D eigenvalue weighted by molar-refractivity contribution is 5.76. The number of rotatable bonds is 8. The van der Waals surface area contributed by atoms with E-state index in [2.05, 4.69) is 24.4 Å². The molecule has 1 atom stereocenters. The third-order valence-electron chi connectivity index (χ3n) is 3.85. The molecular formula is C20H25NO2. The summed E-state index contributed by atoms with van der Waals surface area (Å²) in [5, 5.41) is 2.99. The van der Waals surface area contributed by atoms with Crippen LogP contribution in [0.25, 0.3) is 0 Å². The lowest BCUT2D eigenvalue weighted by molar-refractivity contribution is -0.121. The molecule has 0 bridgehead atoms. The first-order chi connectivity index (χ1) is 11.2. The van der Waals surface area contributed by atoms with E-state index in [0.717, 1.165) is 17.7 Å². The van der Waals surface area contributed by atoms with E-state index in [1.807, 2.05) is 49.4 Å². The minimum absolute atomic E-state index is 0.0831. The molecule has 3 heteroatoms. The van der Waals surface area contributed by atoms with Crippen molar-refractivity contribution in [3.63, 3.8) is 0 Å². The summed E-state index contributed by atoms with van der Waals surface area (Å²) >= 11 is 0. The molecular weight excluding hydrogens is 286 g/mol. The number of ether oxygens (including phenoxy) is 1. The van der Waals surface area contributed by atoms with Gasteiger partial charge < -0.3 is 10.1 Å². The second-order valence-corrected chi connectivity index (χ2v) is 5.75. The lowest BCUT2D eigenvalue weighted by atomic mass is 9.97. The molecule has 0 aromatic heterocycles. The fourth-order valence-corrected chi connectivity index (χ4v) is 2.42. The molecule has 0 aliphatic heterocycles. The van der Waals surface area contributed by atoms with E-state index >= 15 is 0 Å². The molecule has 0 saturated heterocycles. The molecule has 0 fully saturated rings. The van der Waals surface area contributed by atoms with Gasteiger partial charge in [-0.3, -0.25) is 4.79 Å². The van der Waals surface area contributed by atoms with Crippen LogP contribution in [0.1, 0.15) is 42.9 Å². The Labute approximate surface area is 138 Å². The molecule has 122 valence electrons. The lowest BCUT2D eigenvalue weighted by Crippen LogP contribution is -2.24. The van der Waals surface area contributed by atoms with E-state index in [0.29, 0.717) is 19.6 Å². The van der Waals surface area contributed by atoms with Crippen molar-refractivity contribution in [3.05, 3.63) is 71.3 Å². The van der Waals surface area contributed by atoms with Crippen LogP contribution in [0.2, 0.25) is 0 Å². The Morgan fingerprint density at radius 1 is 1.04 bits per heavy atom. The van der Waals surface area contributed by atoms with Gasteiger partial charge in [0.25, 0.3) is 0 Å². The van der Waals surface area contributed by atoms with Crippen molar-refractivity contribution in [2.24, 2.45) is 0 Å². The standard InChI is InChI=1S/C20H25NO2/c1-3-23-15-18-11-9-17(10-12-18)14-21-20(22)13-16(2)19-7-5-4-6-8-19/h4-12,16H,3,13-15H2,1-2H3,(H,21,22). The molecule has 23 heavy (non-hydrogen) atoms. The summed E-state index contributed by atoms with van der Waals surface area (Å²) < 4.78 is 5.37. The number of carbonyl (C=O) groups is 1. The van der Waals surface area contributed by atoms with Crippen LogP contribution in [0.3, 0.4) is 0 Å². The van der Waals surface area contributed by atoms with Crippen molar-refractivity contribution >= 4 is 5.91 Å². The van der Waals surface area contributed by atoms with E-state index in [1.165, 1.54) is 5.56 Å². The first-order valence-electron chi connectivity index (χ1n) is 8.16. The molecule has 0 spiro atoms. The van der Waals surface area contributed by atoms with Gasteiger partial charge in [-0.2, -0.15) is 0 Å². The maximum atomic E-state index is 12.1. The van der Waals surface area contributed by atoms with Gasteiger partial charge in [-0.1, -0.05) is 61.5 Å². The number of hydrogen-bond donors (Lipinski definition) is 1. The molecule has 1 amide bonds. The topological polar surface area (TPSA) is 38.3 Å². The van der Waals surface area contributed by atoms with Crippen LogP contribution in [0, 0.1) is 0 Å². The third-order valence-corrected chi connectivity index (χ3v) is 3.85. The van der Waals surface area contributed by atoms with Gasteiger partial charge in [0, 0.05) is 19.6 Å². The van der Waals surface area contributed by atoms with Crippen molar-refractivity contribution in [2.75, 3.05) is 6.61 Å². The predicted octanol–water partition coefficient (Wildman–Crippen LogP) is 4.03. The molecule has 0 heterocycles. The average Bonchev–Trinajstić information content (AvgIpc) is 2.59. The summed E-state index contributed by atoms with van der Waals surface area (Å²) in [6, 6.07) is 18.3. The van der Waals surface area contributed by atoms with Gasteiger partial charge in [-0.15, -0.1) is 0 Å². The van der Waals surface area contributed by atoms with E-state index in [-0.39, 0.29) is 11.8 Å². The van der Waals surface area contributed by atoms with Gasteiger partial charge in [0.1, 0.15) is 0 Å². The molecule has 0 saturated carbocycles. The SMILES string of the molecule is CCOCc1ccc(CNC(=O)CC(C)c2ccccc2)cc1. The van der Waals surface area contributed by atoms with Gasteiger partial charge in [-0.05, 0) is 29.5 Å². The first-order valence-corrected chi connectivity index (χ1v) is 8.16. The number of amides is 1. The monoisotopic (exact) mass is 311 g/mol. The van der Waals surface area contributed by atoms with Crippen LogP contribution in [-0.2, 0) is 22.7 Å². The molecule has 1 unspecified atom stereocenters. The summed E-state index contributed by atoms with van der Waals surface area (Å²) in [5.74, 6) is 0.310. The van der Waals surface area contributed by atoms with Crippen LogP contribution in [0.15, 0.2) is 54.6 Å². The van der Waals surface area contributed by atoms with Crippen molar-refractivity contribution in [1.29, 1.82) is 0 Å². The molecule has 2 aromatic rings. The van der Waals surface area contributed by atoms with Crippen LogP contribution in [0.4, 0.5) is 0 Å².